The van der Waals surface area contributed by atoms with Gasteiger partial charge in [-0.1, -0.05) is 0 Å². The third-order valence-corrected chi connectivity index (χ3v) is 6.62. The van der Waals surface area contributed by atoms with Gasteiger partial charge in [-0.05, 0) is 44.2 Å². The Bertz CT molecular complexity index is 1190. The van der Waals surface area contributed by atoms with E-state index < -0.39 is 0 Å². The van der Waals surface area contributed by atoms with E-state index in [1.165, 1.54) is 11.3 Å². The van der Waals surface area contributed by atoms with Gasteiger partial charge in [0.1, 0.15) is 9.71 Å². The van der Waals surface area contributed by atoms with Crippen LogP contribution in [0.4, 0.5) is 5.95 Å². The van der Waals surface area contributed by atoms with Crippen LogP contribution in [0.2, 0.25) is 0 Å². The molecule has 0 radical (unpaired) electrons. The number of thiophene rings is 1. The Labute approximate surface area is 178 Å². The van der Waals surface area contributed by atoms with E-state index in [4.69, 9.17) is 0 Å². The number of carbonyl (C=O) groups excluding carboxylic acids is 1. The van der Waals surface area contributed by atoms with Gasteiger partial charge in [-0.25, -0.2) is 15.0 Å². The van der Waals surface area contributed by atoms with Crippen LogP contribution in [0.15, 0.2) is 48.9 Å². The molecule has 0 unspecified atom stereocenters. The lowest BCUT2D eigenvalue weighted by Crippen LogP contribution is -2.49. The summed E-state index contributed by atoms with van der Waals surface area (Å²) in [5, 5.41) is 1.02. The van der Waals surface area contributed by atoms with E-state index in [2.05, 4.69) is 56.5 Å². The third-order valence-electron chi connectivity index (χ3n) is 5.53. The SMILES string of the molecule is Cc1ccc(C)n1-c1c(C(=O)N2CCN(c3ncccn3)CC2)sc2ncccc12. The molecule has 4 aromatic rings. The van der Waals surface area contributed by atoms with Crippen LogP contribution in [0.1, 0.15) is 21.1 Å². The molecule has 0 aliphatic carbocycles. The summed E-state index contributed by atoms with van der Waals surface area (Å²) in [5.41, 5.74) is 3.16. The predicted molar refractivity (Wildman–Crippen MR) is 119 cm³/mol. The van der Waals surface area contributed by atoms with Crippen molar-refractivity contribution < 1.29 is 4.79 Å². The van der Waals surface area contributed by atoms with Crippen molar-refractivity contribution in [3.63, 3.8) is 0 Å². The van der Waals surface area contributed by atoms with Gasteiger partial charge >= 0.3 is 0 Å². The maximum atomic E-state index is 13.6. The van der Waals surface area contributed by atoms with Crippen LogP contribution in [0, 0.1) is 13.8 Å². The quantitative estimate of drug-likeness (QED) is 0.510. The maximum absolute atomic E-state index is 13.6. The Kier molecular flexibility index (Phi) is 4.71. The molecule has 0 spiro atoms. The molecule has 1 aliphatic rings. The Balaban J connectivity index is 1.48. The minimum atomic E-state index is 0.0640. The summed E-state index contributed by atoms with van der Waals surface area (Å²) in [4.78, 5) is 32.5. The van der Waals surface area contributed by atoms with Gasteiger partial charge in [-0.15, -0.1) is 11.3 Å². The maximum Gasteiger partial charge on any atom is 0.266 e. The molecule has 0 aromatic carbocycles. The number of hydrogen-bond acceptors (Lipinski definition) is 6. The Morgan fingerprint density at radius 3 is 2.27 bits per heavy atom. The zero-order chi connectivity index (χ0) is 20.7. The smallest absolute Gasteiger partial charge is 0.266 e. The van der Waals surface area contributed by atoms with Crippen LogP contribution in [0.5, 0.6) is 0 Å². The van der Waals surface area contributed by atoms with E-state index in [1.54, 1.807) is 18.6 Å². The first kappa shape index (κ1) is 18.7. The van der Waals surface area contributed by atoms with Crippen LogP contribution < -0.4 is 4.90 Å². The van der Waals surface area contributed by atoms with Crippen molar-refractivity contribution in [2.24, 2.45) is 0 Å². The molecule has 1 amide bonds. The zero-order valence-corrected chi connectivity index (χ0v) is 17.8. The molecule has 8 heteroatoms. The summed E-state index contributed by atoms with van der Waals surface area (Å²) in [6.07, 6.45) is 5.28. The molecule has 0 bridgehead atoms. The standard InChI is InChI=1S/C22H22N6OS/c1-15-6-7-16(2)28(15)18-17-5-3-8-23-20(17)30-19(18)21(29)26-11-13-27(14-12-26)22-24-9-4-10-25-22/h3-10H,11-14H2,1-2H3. The van der Waals surface area contributed by atoms with E-state index in [0.717, 1.165) is 51.2 Å². The van der Waals surface area contributed by atoms with Crippen LogP contribution in [-0.4, -0.2) is 56.5 Å². The predicted octanol–water partition coefficient (Wildman–Crippen LogP) is 3.46. The van der Waals surface area contributed by atoms with Crippen LogP contribution >= 0.6 is 11.3 Å². The van der Waals surface area contributed by atoms with Gasteiger partial charge in [-0.3, -0.25) is 4.79 Å². The number of rotatable bonds is 3. The van der Waals surface area contributed by atoms with Crippen molar-refractivity contribution in [1.82, 2.24) is 24.4 Å². The molecule has 1 saturated heterocycles. The van der Waals surface area contributed by atoms with Gasteiger partial charge < -0.3 is 14.4 Å². The molecule has 7 nitrogen and oxygen atoms in total. The fourth-order valence-electron chi connectivity index (χ4n) is 4.02. The summed E-state index contributed by atoms with van der Waals surface area (Å²) >= 11 is 1.48. The Hall–Kier alpha value is -3.26. The summed E-state index contributed by atoms with van der Waals surface area (Å²) in [6.45, 7) is 6.86. The number of piperazine rings is 1. The highest BCUT2D eigenvalue weighted by atomic mass is 32.1. The number of anilines is 1. The lowest BCUT2D eigenvalue weighted by atomic mass is 10.2. The number of carbonyl (C=O) groups is 1. The van der Waals surface area contributed by atoms with Crippen LogP contribution in [0.3, 0.4) is 0 Å². The fourth-order valence-corrected chi connectivity index (χ4v) is 5.11. The largest absolute Gasteiger partial charge is 0.337 e. The van der Waals surface area contributed by atoms with Crippen molar-refractivity contribution >= 4 is 33.4 Å². The molecule has 0 N–H and O–H groups in total. The number of amides is 1. The normalized spacial score (nSPS) is 14.5. The molecule has 0 saturated carbocycles. The number of hydrogen-bond donors (Lipinski definition) is 0. The highest BCUT2D eigenvalue weighted by molar-refractivity contribution is 7.21. The minimum Gasteiger partial charge on any atom is -0.337 e. The van der Waals surface area contributed by atoms with Crippen molar-refractivity contribution in [3.8, 4) is 5.69 Å². The number of aryl methyl sites for hydroxylation is 2. The Morgan fingerprint density at radius 2 is 1.57 bits per heavy atom. The molecule has 5 rings (SSSR count). The average molecular weight is 419 g/mol. The van der Waals surface area contributed by atoms with Crippen molar-refractivity contribution in [1.29, 1.82) is 0 Å². The molecule has 1 fully saturated rings. The number of pyridine rings is 1. The second-order valence-corrected chi connectivity index (χ2v) is 8.41. The second kappa shape index (κ2) is 7.53. The molecule has 0 atom stereocenters. The summed E-state index contributed by atoms with van der Waals surface area (Å²) in [7, 11) is 0. The first-order valence-corrected chi connectivity index (χ1v) is 10.8. The first-order chi connectivity index (χ1) is 14.6. The molecule has 4 aromatic heterocycles. The number of nitrogens with zero attached hydrogens (tertiary/aromatic N) is 6. The fraction of sp³-hybridized carbons (Fsp3) is 0.273. The molecular formula is C22H22N6OS. The third kappa shape index (κ3) is 3.13. The van der Waals surface area contributed by atoms with Gasteiger partial charge in [0, 0.05) is 61.5 Å². The van der Waals surface area contributed by atoms with Crippen LogP contribution in [0.25, 0.3) is 15.9 Å². The van der Waals surface area contributed by atoms with E-state index in [-0.39, 0.29) is 5.91 Å². The van der Waals surface area contributed by atoms with E-state index in [9.17, 15) is 4.79 Å². The topological polar surface area (TPSA) is 67.2 Å². The van der Waals surface area contributed by atoms with Gasteiger partial charge in [-0.2, -0.15) is 0 Å². The number of aromatic nitrogens is 4. The second-order valence-electron chi connectivity index (χ2n) is 7.42. The van der Waals surface area contributed by atoms with Gasteiger partial charge in [0.2, 0.25) is 5.95 Å². The molecule has 5 heterocycles. The lowest BCUT2D eigenvalue weighted by molar-refractivity contribution is 0.0751. The van der Waals surface area contributed by atoms with Crippen LogP contribution in [-0.2, 0) is 0 Å². The van der Waals surface area contributed by atoms with E-state index >= 15 is 0 Å². The minimum absolute atomic E-state index is 0.0640. The average Bonchev–Trinajstić information content (AvgIpc) is 3.33. The van der Waals surface area contributed by atoms with Crippen molar-refractivity contribution in [2.75, 3.05) is 31.1 Å². The Morgan fingerprint density at radius 1 is 0.900 bits per heavy atom. The highest BCUT2D eigenvalue weighted by Crippen LogP contribution is 2.36. The molecule has 152 valence electrons. The van der Waals surface area contributed by atoms with Gasteiger partial charge in [0.15, 0.2) is 0 Å². The van der Waals surface area contributed by atoms with E-state index in [0.29, 0.717) is 13.1 Å². The van der Waals surface area contributed by atoms with Gasteiger partial charge in [0.05, 0.1) is 5.69 Å². The monoisotopic (exact) mass is 418 g/mol. The lowest BCUT2D eigenvalue weighted by Gasteiger charge is -2.34. The summed E-state index contributed by atoms with van der Waals surface area (Å²) in [6, 6.07) is 9.96. The molecule has 30 heavy (non-hydrogen) atoms. The highest BCUT2D eigenvalue weighted by Gasteiger charge is 2.29. The zero-order valence-electron chi connectivity index (χ0n) is 16.9. The molecular weight excluding hydrogens is 396 g/mol. The van der Waals surface area contributed by atoms with Crippen molar-refractivity contribution in [2.45, 2.75) is 13.8 Å². The summed E-state index contributed by atoms with van der Waals surface area (Å²) in [5.74, 6) is 0.782. The van der Waals surface area contributed by atoms with Gasteiger partial charge in [0.25, 0.3) is 5.91 Å². The first-order valence-electron chi connectivity index (χ1n) is 9.97. The molecule has 1 aliphatic heterocycles. The van der Waals surface area contributed by atoms with E-state index in [1.807, 2.05) is 17.0 Å². The number of fused-ring (bicyclic) bond motifs is 1. The van der Waals surface area contributed by atoms with Crippen molar-refractivity contribution in [3.05, 3.63) is 65.2 Å². The summed E-state index contributed by atoms with van der Waals surface area (Å²) < 4.78 is 2.17.